The molecular weight excluding hydrogens is 902 g/mol. The summed E-state index contributed by atoms with van der Waals surface area (Å²) in [7, 11) is 0. The zero-order valence-electron chi connectivity index (χ0n) is 35.6. The maximum atomic E-state index is 11.8. The minimum atomic E-state index is -0.158. The minimum Gasteiger partial charge on any atom is -0.507 e. The Morgan fingerprint density at radius 1 is 0.695 bits per heavy atom. The molecule has 7 heteroatoms. The van der Waals surface area contributed by atoms with E-state index in [0.29, 0.717) is 11.8 Å². The van der Waals surface area contributed by atoms with E-state index in [9.17, 15) is 5.11 Å². The molecule has 6 aromatic carbocycles. The molecule has 3 heterocycles. The van der Waals surface area contributed by atoms with Crippen LogP contribution in [0.2, 0.25) is 0 Å². The summed E-state index contributed by atoms with van der Waals surface area (Å²) in [5.41, 5.74) is 19.0. The first-order valence-corrected chi connectivity index (χ1v) is 20.6. The van der Waals surface area contributed by atoms with E-state index in [1.54, 1.807) is 6.33 Å². The normalized spacial score (nSPS) is 12.4. The van der Waals surface area contributed by atoms with Crippen LogP contribution in [0.4, 0.5) is 0 Å². The molecule has 0 fully saturated rings. The van der Waals surface area contributed by atoms with Crippen molar-refractivity contribution in [3.05, 3.63) is 143 Å². The number of hydrogen-bond acceptors (Lipinski definition) is 4. The van der Waals surface area contributed by atoms with E-state index in [0.717, 1.165) is 78.1 Å². The van der Waals surface area contributed by atoms with E-state index in [4.69, 9.17) is 9.97 Å². The fourth-order valence-electron chi connectivity index (χ4n) is 9.28. The van der Waals surface area contributed by atoms with Crippen LogP contribution in [0.25, 0.3) is 61.4 Å². The number of hydrogen-bond donors (Lipinski definition) is 1. The van der Waals surface area contributed by atoms with Gasteiger partial charge in [-0.2, -0.15) is 0 Å². The van der Waals surface area contributed by atoms with Crippen molar-refractivity contribution in [1.82, 2.24) is 19.5 Å². The average Bonchev–Trinajstić information content (AvgIpc) is 3.60. The summed E-state index contributed by atoms with van der Waals surface area (Å²) in [6, 6.07) is 39.0. The monoisotopic (exact) mass is 952 g/mol. The van der Waals surface area contributed by atoms with E-state index in [1.165, 1.54) is 33.1 Å². The molecule has 1 aliphatic heterocycles. The van der Waals surface area contributed by atoms with E-state index >= 15 is 0 Å². The number of nitrogens with zero attached hydrogens (tertiary/aromatic N) is 4. The minimum absolute atomic E-state index is 0. The third-order valence-corrected chi connectivity index (χ3v) is 12.2. The summed E-state index contributed by atoms with van der Waals surface area (Å²) in [4.78, 5) is 15.2. The van der Waals surface area contributed by atoms with Crippen molar-refractivity contribution in [2.75, 3.05) is 0 Å². The van der Waals surface area contributed by atoms with Crippen LogP contribution in [0, 0.1) is 26.8 Å². The molecular formula is C52H50BN4OPt-. The van der Waals surface area contributed by atoms with Crippen LogP contribution in [-0.2, 0) is 26.5 Å². The molecule has 1 N–H and O–H groups in total. The maximum Gasteiger partial charge on any atom is 0.247 e. The SMILES string of the molecule is Cc1cc(C)c(O)c(-c2nc3c(-c4[c-]c(-c5ncnc6c(C)cccc56)cc(C(C)(C)C)c4)ccc4c3n2-c2ccccc2B4c2c(C(C)C)cccc2C(C)C)c1.[Pt]. The van der Waals surface area contributed by atoms with Gasteiger partial charge in [-0.15, -0.1) is 29.3 Å². The molecule has 0 radical (unpaired) electrons. The van der Waals surface area contributed by atoms with E-state index in [-0.39, 0.29) is 38.9 Å². The summed E-state index contributed by atoms with van der Waals surface area (Å²) in [5, 5.41) is 12.8. The molecule has 0 bridgehead atoms. The predicted molar refractivity (Wildman–Crippen MR) is 243 cm³/mol. The molecule has 0 saturated carbocycles. The van der Waals surface area contributed by atoms with Gasteiger partial charge in [0, 0.05) is 32.4 Å². The fourth-order valence-corrected chi connectivity index (χ4v) is 9.28. The van der Waals surface area contributed by atoms with Gasteiger partial charge in [-0.25, -0.2) is 9.97 Å². The number of benzene rings is 6. The van der Waals surface area contributed by atoms with Gasteiger partial charge in [0.2, 0.25) is 6.71 Å². The quantitative estimate of drug-likeness (QED) is 0.133. The molecule has 0 amide bonds. The van der Waals surface area contributed by atoms with E-state index in [1.807, 2.05) is 13.0 Å². The van der Waals surface area contributed by atoms with Crippen LogP contribution >= 0.6 is 0 Å². The summed E-state index contributed by atoms with van der Waals surface area (Å²) in [6.07, 6.45) is 1.67. The standard InChI is InChI=1S/C52H50BN4O.Pt/c1-29(2)37-16-14-17-38(30(3)4)45(37)53-42-19-11-12-20-44(42)57-49-43(53)22-21-39(48(49)56-51(57)41-24-31(5)23-33(7)50(41)58)34-25-35(27-36(26-34)52(8,9)10)47-40-18-13-15-32(6)46(40)54-28-55-47;/h11-24,26-30,58H,1-10H3;/q-1;. The molecule has 298 valence electrons. The predicted octanol–water partition coefficient (Wildman–Crippen LogP) is 10.8. The summed E-state index contributed by atoms with van der Waals surface area (Å²) in [5.74, 6) is 1.64. The van der Waals surface area contributed by atoms with Gasteiger partial charge >= 0.3 is 0 Å². The molecule has 9 rings (SSSR count). The van der Waals surface area contributed by atoms with Gasteiger partial charge in [0.1, 0.15) is 17.9 Å². The molecule has 0 saturated heterocycles. The van der Waals surface area contributed by atoms with Gasteiger partial charge < -0.3 is 5.11 Å². The third-order valence-electron chi connectivity index (χ3n) is 12.2. The molecule has 0 spiro atoms. The van der Waals surface area contributed by atoms with Crippen molar-refractivity contribution < 1.29 is 26.2 Å². The first kappa shape index (κ1) is 40.5. The van der Waals surface area contributed by atoms with E-state index < -0.39 is 0 Å². The van der Waals surface area contributed by atoms with Crippen molar-refractivity contribution in [1.29, 1.82) is 0 Å². The Bertz CT molecular complexity index is 2930. The van der Waals surface area contributed by atoms with Crippen molar-refractivity contribution in [3.8, 4) is 45.2 Å². The first-order chi connectivity index (χ1) is 27.7. The Hall–Kier alpha value is -5.32. The van der Waals surface area contributed by atoms with Gasteiger partial charge in [-0.1, -0.05) is 138 Å². The molecule has 59 heavy (non-hydrogen) atoms. The molecule has 1 aliphatic rings. The van der Waals surface area contributed by atoms with Crippen molar-refractivity contribution in [2.45, 2.75) is 86.5 Å². The third kappa shape index (κ3) is 6.65. The zero-order valence-corrected chi connectivity index (χ0v) is 37.9. The van der Waals surface area contributed by atoms with Crippen molar-refractivity contribution in [3.63, 3.8) is 0 Å². The molecule has 8 aromatic rings. The Kier molecular flexibility index (Phi) is 10.3. The number of aromatic hydroxyl groups is 1. The number of phenols is 1. The van der Waals surface area contributed by atoms with Crippen molar-refractivity contribution in [2.24, 2.45) is 0 Å². The second-order valence-corrected chi connectivity index (χ2v) is 17.9. The second-order valence-electron chi connectivity index (χ2n) is 17.9. The smallest absolute Gasteiger partial charge is 0.247 e. The first-order valence-electron chi connectivity index (χ1n) is 20.6. The number of phenolic OH excluding ortho intramolecular Hbond substituents is 1. The number of imidazole rings is 1. The fraction of sp³-hybridized carbons (Fsp3) is 0.250. The number of para-hydroxylation sites is 2. The van der Waals surface area contributed by atoms with Crippen LogP contribution in [0.1, 0.15) is 93.7 Å². The number of rotatable bonds is 6. The van der Waals surface area contributed by atoms with Gasteiger partial charge in [-0.3, -0.25) is 9.55 Å². The Balaban J connectivity index is 0.00000484. The van der Waals surface area contributed by atoms with Crippen LogP contribution < -0.4 is 16.4 Å². The summed E-state index contributed by atoms with van der Waals surface area (Å²) in [6.45, 7) is 22.1. The van der Waals surface area contributed by atoms with Gasteiger partial charge in [0.05, 0.1) is 22.1 Å². The molecule has 0 unspecified atom stereocenters. The molecule has 2 aromatic heterocycles. The van der Waals surface area contributed by atoms with Gasteiger partial charge in [-0.05, 0) is 94.3 Å². The number of fused-ring (bicyclic) bond motifs is 3. The summed E-state index contributed by atoms with van der Waals surface area (Å²) < 4.78 is 2.32. The Labute approximate surface area is 363 Å². The zero-order chi connectivity index (χ0) is 40.8. The van der Waals surface area contributed by atoms with Gasteiger partial charge in [0.25, 0.3) is 0 Å². The molecule has 0 atom stereocenters. The van der Waals surface area contributed by atoms with Crippen molar-refractivity contribution >= 4 is 45.0 Å². The second kappa shape index (κ2) is 15.1. The number of aryl methyl sites for hydroxylation is 3. The average molecular weight is 953 g/mol. The molecule has 0 aliphatic carbocycles. The number of aromatic nitrogens is 4. The summed E-state index contributed by atoms with van der Waals surface area (Å²) >= 11 is 0. The Morgan fingerprint density at radius 2 is 1.39 bits per heavy atom. The van der Waals surface area contributed by atoms with Crippen LogP contribution in [-0.4, -0.2) is 31.3 Å². The van der Waals surface area contributed by atoms with Crippen LogP contribution in [0.15, 0.2) is 103 Å². The maximum absolute atomic E-state index is 11.8. The molecule has 5 nitrogen and oxygen atoms in total. The van der Waals surface area contributed by atoms with Crippen LogP contribution in [0.3, 0.4) is 0 Å². The van der Waals surface area contributed by atoms with E-state index in [2.05, 4.69) is 169 Å². The topological polar surface area (TPSA) is 63.8 Å². The Morgan fingerprint density at radius 3 is 2.10 bits per heavy atom. The van der Waals surface area contributed by atoms with Gasteiger partial charge in [0.15, 0.2) is 0 Å². The van der Waals surface area contributed by atoms with Crippen LogP contribution in [0.5, 0.6) is 5.75 Å². The largest absolute Gasteiger partial charge is 0.507 e.